The second-order valence-electron chi connectivity index (χ2n) is 8.98. The fraction of sp³-hybridized carbons (Fsp3) is 0.533. The van der Waals surface area contributed by atoms with Crippen LogP contribution in [0.2, 0.25) is 0 Å². The van der Waals surface area contributed by atoms with Crippen molar-refractivity contribution in [3.05, 3.63) is 54.1 Å². The summed E-state index contributed by atoms with van der Waals surface area (Å²) in [4.78, 5) is 11.0. The van der Waals surface area contributed by atoms with Crippen molar-refractivity contribution in [2.45, 2.75) is 89.9 Å². The van der Waals surface area contributed by atoms with Gasteiger partial charge in [0.1, 0.15) is 5.75 Å². The summed E-state index contributed by atoms with van der Waals surface area (Å²) in [6.07, 6.45) is 16.9. The number of benzene rings is 2. The number of hydrogen-bond donors (Lipinski definition) is 0. The normalized spacial score (nSPS) is 10.6. The molecule has 2 aromatic carbocycles. The predicted octanol–water partition coefficient (Wildman–Crippen LogP) is 8.24. The topological polar surface area (TPSA) is 59.3 Å². The van der Waals surface area contributed by atoms with Crippen LogP contribution < -0.4 is 4.74 Å². The minimum Gasteiger partial charge on any atom is -0.494 e. The molecule has 0 spiro atoms. The highest BCUT2D eigenvalue weighted by atomic mass is 16.5. The Labute approximate surface area is 206 Å². The van der Waals surface area contributed by atoms with Gasteiger partial charge in [-0.2, -0.15) is 5.26 Å². The van der Waals surface area contributed by atoms with E-state index in [9.17, 15) is 4.79 Å². The van der Waals surface area contributed by atoms with Gasteiger partial charge < -0.3 is 9.47 Å². The molecule has 0 N–H and O–H groups in total. The highest BCUT2D eigenvalue weighted by Crippen LogP contribution is 2.23. The van der Waals surface area contributed by atoms with Crippen LogP contribution in [0.15, 0.2) is 48.5 Å². The molecule has 2 rings (SSSR count). The smallest absolute Gasteiger partial charge is 0.305 e. The van der Waals surface area contributed by atoms with E-state index in [0.717, 1.165) is 42.7 Å². The predicted molar refractivity (Wildman–Crippen MR) is 139 cm³/mol. The summed E-state index contributed by atoms with van der Waals surface area (Å²) in [5.74, 6) is 0.833. The summed E-state index contributed by atoms with van der Waals surface area (Å²) >= 11 is 0. The standard InChI is InChI=1S/C30H41NO3/c1-33-30(32)15-13-11-9-7-5-3-2-4-6-8-10-12-14-24-34-29-22-20-28(21-23-29)27-18-16-26(25-31)17-19-27/h16-23H,2-15,24H2,1H3. The first-order valence-electron chi connectivity index (χ1n) is 13.0. The summed E-state index contributed by atoms with van der Waals surface area (Å²) in [5.41, 5.74) is 2.92. The van der Waals surface area contributed by atoms with Gasteiger partial charge in [0.2, 0.25) is 0 Å². The van der Waals surface area contributed by atoms with Crippen molar-refractivity contribution in [3.63, 3.8) is 0 Å². The van der Waals surface area contributed by atoms with Gasteiger partial charge in [-0.25, -0.2) is 0 Å². The number of esters is 1. The molecule has 0 bridgehead atoms. The highest BCUT2D eigenvalue weighted by molar-refractivity contribution is 5.69. The molecule has 0 fully saturated rings. The van der Waals surface area contributed by atoms with E-state index in [1.54, 1.807) is 0 Å². The van der Waals surface area contributed by atoms with E-state index in [1.165, 1.54) is 71.3 Å². The number of carbonyl (C=O) groups excluding carboxylic acids is 1. The van der Waals surface area contributed by atoms with Gasteiger partial charge in [0, 0.05) is 6.42 Å². The summed E-state index contributed by atoms with van der Waals surface area (Å²) in [6, 6.07) is 18.0. The fourth-order valence-corrected chi connectivity index (χ4v) is 4.09. The van der Waals surface area contributed by atoms with Gasteiger partial charge in [-0.3, -0.25) is 4.79 Å². The third-order valence-electron chi connectivity index (χ3n) is 6.22. The van der Waals surface area contributed by atoms with Gasteiger partial charge in [0.05, 0.1) is 25.3 Å². The van der Waals surface area contributed by atoms with Crippen LogP contribution in [0.5, 0.6) is 5.75 Å². The quantitative estimate of drug-likeness (QED) is 0.165. The monoisotopic (exact) mass is 463 g/mol. The average molecular weight is 464 g/mol. The van der Waals surface area contributed by atoms with E-state index in [2.05, 4.69) is 22.9 Å². The van der Waals surface area contributed by atoms with Crippen LogP contribution in [-0.2, 0) is 9.53 Å². The second kappa shape index (κ2) is 17.6. The first-order chi connectivity index (χ1) is 16.7. The Balaban J connectivity index is 1.39. The molecule has 0 radical (unpaired) electrons. The van der Waals surface area contributed by atoms with Crippen molar-refractivity contribution in [2.75, 3.05) is 13.7 Å². The zero-order chi connectivity index (χ0) is 24.3. The third-order valence-corrected chi connectivity index (χ3v) is 6.22. The van der Waals surface area contributed by atoms with Crippen LogP contribution >= 0.6 is 0 Å². The molecule has 0 unspecified atom stereocenters. The molecule has 0 aromatic heterocycles. The molecule has 34 heavy (non-hydrogen) atoms. The molecular weight excluding hydrogens is 422 g/mol. The molecule has 4 heteroatoms. The summed E-state index contributed by atoms with van der Waals surface area (Å²) < 4.78 is 10.5. The number of carbonyl (C=O) groups is 1. The average Bonchev–Trinajstić information content (AvgIpc) is 2.88. The summed E-state index contributed by atoms with van der Waals surface area (Å²) in [6.45, 7) is 0.774. The Morgan fingerprint density at radius 1 is 0.676 bits per heavy atom. The Bertz CT molecular complexity index is 837. The molecule has 0 aliphatic rings. The zero-order valence-electron chi connectivity index (χ0n) is 20.9. The fourth-order valence-electron chi connectivity index (χ4n) is 4.09. The maximum atomic E-state index is 11.0. The number of nitrogens with zero attached hydrogens (tertiary/aromatic N) is 1. The number of methoxy groups -OCH3 is 1. The minimum atomic E-state index is -0.0841. The molecule has 0 aliphatic carbocycles. The number of rotatable bonds is 18. The summed E-state index contributed by atoms with van der Waals surface area (Å²) in [5, 5.41) is 8.91. The molecule has 0 amide bonds. The van der Waals surface area contributed by atoms with Crippen LogP contribution in [0.3, 0.4) is 0 Å². The molecule has 4 nitrogen and oxygen atoms in total. The number of nitriles is 1. The van der Waals surface area contributed by atoms with E-state index in [0.29, 0.717) is 12.0 Å². The largest absolute Gasteiger partial charge is 0.494 e. The molecule has 0 aliphatic heterocycles. The van der Waals surface area contributed by atoms with Crippen LogP contribution in [-0.4, -0.2) is 19.7 Å². The maximum Gasteiger partial charge on any atom is 0.305 e. The number of unbranched alkanes of at least 4 members (excludes halogenated alkanes) is 12. The lowest BCUT2D eigenvalue weighted by atomic mass is 10.0. The minimum absolute atomic E-state index is 0.0841. The first kappa shape index (κ1) is 27.4. The van der Waals surface area contributed by atoms with E-state index in [4.69, 9.17) is 10.00 Å². The molecule has 184 valence electrons. The van der Waals surface area contributed by atoms with Gasteiger partial charge in [-0.15, -0.1) is 0 Å². The molecule has 0 saturated heterocycles. The van der Waals surface area contributed by atoms with Gasteiger partial charge in [-0.1, -0.05) is 94.9 Å². The highest BCUT2D eigenvalue weighted by Gasteiger charge is 2.01. The Morgan fingerprint density at radius 3 is 1.59 bits per heavy atom. The molecule has 0 heterocycles. The lowest BCUT2D eigenvalue weighted by Gasteiger charge is -2.08. The van der Waals surface area contributed by atoms with Crippen LogP contribution in [0.25, 0.3) is 11.1 Å². The van der Waals surface area contributed by atoms with Crippen molar-refractivity contribution < 1.29 is 14.3 Å². The van der Waals surface area contributed by atoms with E-state index in [-0.39, 0.29) is 5.97 Å². The van der Waals surface area contributed by atoms with Crippen molar-refractivity contribution in [1.29, 1.82) is 5.26 Å². The van der Waals surface area contributed by atoms with Crippen LogP contribution in [0, 0.1) is 11.3 Å². The molecule has 0 saturated carbocycles. The molecule has 2 aromatic rings. The van der Waals surface area contributed by atoms with Crippen molar-refractivity contribution >= 4 is 5.97 Å². The van der Waals surface area contributed by atoms with Crippen LogP contribution in [0.4, 0.5) is 0 Å². The summed E-state index contributed by atoms with van der Waals surface area (Å²) in [7, 11) is 1.46. The number of ether oxygens (including phenoxy) is 2. The van der Waals surface area contributed by atoms with E-state index < -0.39 is 0 Å². The molecular formula is C30H41NO3. The third kappa shape index (κ3) is 11.9. The SMILES string of the molecule is COC(=O)CCCCCCCCCCCCCCCOc1ccc(-c2ccc(C#N)cc2)cc1. The lowest BCUT2D eigenvalue weighted by molar-refractivity contribution is -0.140. The lowest BCUT2D eigenvalue weighted by Crippen LogP contribution is -1.99. The number of hydrogen-bond acceptors (Lipinski definition) is 4. The van der Waals surface area contributed by atoms with Gasteiger partial charge >= 0.3 is 5.97 Å². The Morgan fingerprint density at radius 2 is 1.12 bits per heavy atom. The van der Waals surface area contributed by atoms with Crippen molar-refractivity contribution in [2.24, 2.45) is 0 Å². The first-order valence-corrected chi connectivity index (χ1v) is 13.0. The van der Waals surface area contributed by atoms with Crippen molar-refractivity contribution in [3.8, 4) is 22.9 Å². The maximum absolute atomic E-state index is 11.0. The zero-order valence-corrected chi connectivity index (χ0v) is 20.9. The van der Waals surface area contributed by atoms with Gasteiger partial charge in [0.15, 0.2) is 0 Å². The Hall–Kier alpha value is -2.80. The van der Waals surface area contributed by atoms with Gasteiger partial charge in [0.25, 0.3) is 0 Å². The van der Waals surface area contributed by atoms with E-state index in [1.807, 2.05) is 36.4 Å². The van der Waals surface area contributed by atoms with E-state index >= 15 is 0 Å². The van der Waals surface area contributed by atoms with Crippen LogP contribution in [0.1, 0.15) is 95.5 Å². The van der Waals surface area contributed by atoms with Crippen molar-refractivity contribution in [1.82, 2.24) is 0 Å². The molecule has 0 atom stereocenters. The Kier molecular flexibility index (Phi) is 14.2. The second-order valence-corrected chi connectivity index (χ2v) is 8.98. The van der Waals surface area contributed by atoms with Gasteiger partial charge in [-0.05, 0) is 48.2 Å².